The third-order valence-electron chi connectivity index (χ3n) is 3.91. The van der Waals surface area contributed by atoms with Crippen LogP contribution in [0.4, 0.5) is 4.39 Å². The minimum atomic E-state index is -0.277. The molecule has 0 bridgehead atoms. The summed E-state index contributed by atoms with van der Waals surface area (Å²) in [4.78, 5) is 1.30. The molecule has 3 nitrogen and oxygen atoms in total. The molecule has 6 heteroatoms. The van der Waals surface area contributed by atoms with Gasteiger partial charge in [-0.25, -0.2) is 4.39 Å². The highest BCUT2D eigenvalue weighted by atomic mass is 79.9. The first kappa shape index (κ1) is 19.9. The Kier molecular flexibility index (Phi) is 7.26. The van der Waals surface area contributed by atoms with Crippen LogP contribution in [0.2, 0.25) is 0 Å². The average Bonchev–Trinajstić information content (AvgIpc) is 3.16. The summed E-state index contributed by atoms with van der Waals surface area (Å²) in [6.45, 7) is 4.13. The maximum Gasteiger partial charge on any atom is 0.175 e. The van der Waals surface area contributed by atoms with Crippen molar-refractivity contribution in [2.45, 2.75) is 26.6 Å². The van der Waals surface area contributed by atoms with E-state index in [9.17, 15) is 4.39 Å². The summed E-state index contributed by atoms with van der Waals surface area (Å²) in [6, 6.07) is 14.7. The summed E-state index contributed by atoms with van der Waals surface area (Å²) in [5.74, 6) is 0.958. The number of nitrogens with one attached hydrogen (secondary N) is 1. The third-order valence-corrected chi connectivity index (χ3v) is 5.37. The molecule has 1 heterocycles. The number of benzene rings is 2. The molecule has 0 saturated carbocycles. The highest BCUT2D eigenvalue weighted by molar-refractivity contribution is 9.10. The van der Waals surface area contributed by atoms with E-state index in [0.29, 0.717) is 30.2 Å². The minimum Gasteiger partial charge on any atom is -0.490 e. The van der Waals surface area contributed by atoms with Crippen LogP contribution < -0.4 is 14.8 Å². The maximum atomic E-state index is 13.8. The lowest BCUT2D eigenvalue weighted by atomic mass is 10.2. The van der Waals surface area contributed by atoms with E-state index in [1.807, 2.05) is 25.1 Å². The standard InChI is InChI=1S/C21H21BrFNO2S/c1-2-25-20-11-15(12-24-13-17-7-5-9-27-17)10-18(22)21(20)26-14-16-6-3-4-8-19(16)23/h3-11,24H,2,12-14H2,1H3. The van der Waals surface area contributed by atoms with Crippen LogP contribution in [-0.4, -0.2) is 6.61 Å². The summed E-state index contributed by atoms with van der Waals surface area (Å²) >= 11 is 5.30. The first-order valence-corrected chi connectivity index (χ1v) is 10.4. The van der Waals surface area contributed by atoms with Gasteiger partial charge in [-0.1, -0.05) is 24.3 Å². The molecule has 0 saturated heterocycles. The predicted molar refractivity (Wildman–Crippen MR) is 111 cm³/mol. The van der Waals surface area contributed by atoms with E-state index in [-0.39, 0.29) is 12.4 Å². The van der Waals surface area contributed by atoms with Crippen molar-refractivity contribution in [3.8, 4) is 11.5 Å². The molecule has 0 unspecified atom stereocenters. The van der Waals surface area contributed by atoms with Crippen molar-refractivity contribution in [1.82, 2.24) is 5.32 Å². The van der Waals surface area contributed by atoms with E-state index in [1.165, 1.54) is 10.9 Å². The molecule has 3 aromatic rings. The molecule has 1 aromatic heterocycles. The largest absolute Gasteiger partial charge is 0.490 e. The van der Waals surface area contributed by atoms with E-state index in [0.717, 1.165) is 16.6 Å². The fourth-order valence-corrected chi connectivity index (χ4v) is 3.91. The number of hydrogen-bond donors (Lipinski definition) is 1. The van der Waals surface area contributed by atoms with Gasteiger partial charge in [-0.15, -0.1) is 11.3 Å². The van der Waals surface area contributed by atoms with Crippen LogP contribution in [0.25, 0.3) is 0 Å². The predicted octanol–water partition coefficient (Wildman–Crippen LogP) is 5.92. The summed E-state index contributed by atoms with van der Waals surface area (Å²) < 4.78 is 26.3. The molecule has 0 aliphatic heterocycles. The smallest absolute Gasteiger partial charge is 0.175 e. The fraction of sp³-hybridized carbons (Fsp3) is 0.238. The van der Waals surface area contributed by atoms with Gasteiger partial charge in [0.1, 0.15) is 12.4 Å². The molecule has 1 N–H and O–H groups in total. The zero-order chi connectivity index (χ0) is 19.1. The van der Waals surface area contributed by atoms with Gasteiger partial charge in [0.2, 0.25) is 0 Å². The van der Waals surface area contributed by atoms with Gasteiger partial charge in [-0.3, -0.25) is 0 Å². The summed E-state index contributed by atoms with van der Waals surface area (Å²) in [5.41, 5.74) is 1.59. The normalized spacial score (nSPS) is 10.8. The quantitative estimate of drug-likeness (QED) is 0.439. The Labute approximate surface area is 171 Å². The summed E-state index contributed by atoms with van der Waals surface area (Å²) in [7, 11) is 0. The van der Waals surface area contributed by atoms with Gasteiger partial charge in [0, 0.05) is 23.5 Å². The molecule has 27 heavy (non-hydrogen) atoms. The Balaban J connectivity index is 1.70. The zero-order valence-electron chi connectivity index (χ0n) is 15.0. The molecule has 0 fully saturated rings. The Hall–Kier alpha value is -1.89. The lowest BCUT2D eigenvalue weighted by Gasteiger charge is -2.16. The Morgan fingerprint density at radius 2 is 1.93 bits per heavy atom. The second kappa shape index (κ2) is 9.88. The number of thiophene rings is 1. The average molecular weight is 450 g/mol. The van der Waals surface area contributed by atoms with Gasteiger partial charge in [0.05, 0.1) is 11.1 Å². The summed E-state index contributed by atoms with van der Waals surface area (Å²) in [5, 5.41) is 5.50. The van der Waals surface area contributed by atoms with Crippen molar-refractivity contribution in [1.29, 1.82) is 0 Å². The lowest BCUT2D eigenvalue weighted by Crippen LogP contribution is -2.12. The molecular formula is C21H21BrFNO2S. The number of halogens is 2. The fourth-order valence-electron chi connectivity index (χ4n) is 2.64. The highest BCUT2D eigenvalue weighted by Crippen LogP contribution is 2.37. The van der Waals surface area contributed by atoms with Crippen LogP contribution in [-0.2, 0) is 19.7 Å². The van der Waals surface area contributed by atoms with Gasteiger partial charge >= 0.3 is 0 Å². The summed E-state index contributed by atoms with van der Waals surface area (Å²) in [6.07, 6.45) is 0. The van der Waals surface area contributed by atoms with E-state index < -0.39 is 0 Å². The van der Waals surface area contributed by atoms with Crippen LogP contribution in [0.5, 0.6) is 11.5 Å². The highest BCUT2D eigenvalue weighted by Gasteiger charge is 2.13. The van der Waals surface area contributed by atoms with Gasteiger partial charge in [0.15, 0.2) is 11.5 Å². The molecule has 0 aliphatic rings. The first-order valence-electron chi connectivity index (χ1n) is 8.72. The van der Waals surface area contributed by atoms with E-state index in [4.69, 9.17) is 9.47 Å². The maximum absolute atomic E-state index is 13.8. The Bertz CT molecular complexity index is 871. The van der Waals surface area contributed by atoms with E-state index in [2.05, 4.69) is 32.7 Å². The first-order chi connectivity index (χ1) is 13.2. The molecule has 0 radical (unpaired) electrons. The molecule has 0 spiro atoms. The number of rotatable bonds is 9. The topological polar surface area (TPSA) is 30.5 Å². The SMILES string of the molecule is CCOc1cc(CNCc2cccs2)cc(Br)c1OCc1ccccc1F. The van der Waals surface area contributed by atoms with Crippen LogP contribution in [0, 0.1) is 5.82 Å². The van der Waals surface area contributed by atoms with Crippen LogP contribution >= 0.6 is 27.3 Å². The molecule has 0 atom stereocenters. The third kappa shape index (κ3) is 5.54. The van der Waals surface area contributed by atoms with Crippen LogP contribution in [0.1, 0.15) is 22.9 Å². The van der Waals surface area contributed by atoms with E-state index in [1.54, 1.807) is 29.5 Å². The second-order valence-electron chi connectivity index (χ2n) is 5.90. The van der Waals surface area contributed by atoms with Gasteiger partial charge in [-0.2, -0.15) is 0 Å². The molecule has 3 rings (SSSR count). The number of hydrogen-bond acceptors (Lipinski definition) is 4. The Morgan fingerprint density at radius 3 is 2.67 bits per heavy atom. The van der Waals surface area contributed by atoms with Crippen molar-refractivity contribution >= 4 is 27.3 Å². The van der Waals surface area contributed by atoms with Crippen LogP contribution in [0.15, 0.2) is 58.4 Å². The molecule has 0 aliphatic carbocycles. The minimum absolute atomic E-state index is 0.140. The lowest BCUT2D eigenvalue weighted by molar-refractivity contribution is 0.264. The molecule has 0 amide bonds. The monoisotopic (exact) mass is 449 g/mol. The Morgan fingerprint density at radius 1 is 1.07 bits per heavy atom. The van der Waals surface area contributed by atoms with Gasteiger partial charge in [0.25, 0.3) is 0 Å². The van der Waals surface area contributed by atoms with Crippen molar-refractivity contribution in [2.75, 3.05) is 6.61 Å². The molecule has 2 aromatic carbocycles. The molecule has 142 valence electrons. The zero-order valence-corrected chi connectivity index (χ0v) is 17.4. The van der Waals surface area contributed by atoms with Crippen molar-refractivity contribution in [2.24, 2.45) is 0 Å². The molecular weight excluding hydrogens is 429 g/mol. The van der Waals surface area contributed by atoms with Crippen LogP contribution in [0.3, 0.4) is 0 Å². The van der Waals surface area contributed by atoms with Gasteiger partial charge < -0.3 is 14.8 Å². The van der Waals surface area contributed by atoms with Crippen molar-refractivity contribution in [3.63, 3.8) is 0 Å². The number of ether oxygens (including phenoxy) is 2. The van der Waals surface area contributed by atoms with E-state index >= 15 is 0 Å². The second-order valence-corrected chi connectivity index (χ2v) is 7.79. The van der Waals surface area contributed by atoms with Crippen molar-refractivity contribution in [3.05, 3.63) is 80.2 Å². The van der Waals surface area contributed by atoms with Crippen molar-refractivity contribution < 1.29 is 13.9 Å². The van der Waals surface area contributed by atoms with Gasteiger partial charge in [-0.05, 0) is 58.1 Å².